The molecule has 12 aromatic rings. The molecule has 0 saturated heterocycles. The summed E-state index contributed by atoms with van der Waals surface area (Å²) in [5, 5.41) is 0. The van der Waals surface area contributed by atoms with Crippen molar-refractivity contribution in [3.05, 3.63) is 284 Å². The zero-order valence-electron chi connectivity index (χ0n) is 47.3. The highest BCUT2D eigenvalue weighted by atomic mass is 16.3. The van der Waals surface area contributed by atoms with Crippen LogP contribution in [0.1, 0.15) is 52.7 Å². The van der Waals surface area contributed by atoms with Crippen LogP contribution in [0.15, 0.2) is 278 Å². The number of furan rings is 1. The lowest BCUT2D eigenvalue weighted by Gasteiger charge is -2.43. The average molecular weight is 1060 g/mol. The van der Waals surface area contributed by atoms with Gasteiger partial charge in [0.2, 0.25) is 0 Å². The Morgan fingerprint density at radius 2 is 0.732 bits per heavy atom. The van der Waals surface area contributed by atoms with E-state index in [2.05, 4.69) is 334 Å². The van der Waals surface area contributed by atoms with Gasteiger partial charge in [-0.1, -0.05) is 260 Å². The molecule has 0 N–H and O–H groups in total. The Kier molecular flexibility index (Phi) is 12.4. The quantitative estimate of drug-likeness (QED) is 0.128. The van der Waals surface area contributed by atoms with Gasteiger partial charge in [0, 0.05) is 74.4 Å². The van der Waals surface area contributed by atoms with Gasteiger partial charge < -0.3 is 18.7 Å². The molecule has 2 aliphatic heterocycles. The van der Waals surface area contributed by atoms with E-state index in [0.717, 1.165) is 118 Å². The van der Waals surface area contributed by atoms with Crippen molar-refractivity contribution in [3.63, 3.8) is 0 Å². The molecule has 4 heterocycles. The number of nitrogens with zero attached hydrogens (tertiary/aromatic N) is 4. The minimum absolute atomic E-state index is 0.0166. The first-order chi connectivity index (χ1) is 40.0. The molecule has 0 amide bonds. The Labute approximate surface area is 482 Å². The van der Waals surface area contributed by atoms with Gasteiger partial charge in [0.25, 0.3) is 0 Å². The number of anilines is 9. The Bertz CT molecular complexity index is 4100. The van der Waals surface area contributed by atoms with Crippen LogP contribution in [0.4, 0.5) is 51.3 Å². The number of aromatic nitrogens is 1. The van der Waals surface area contributed by atoms with E-state index in [1.807, 2.05) is 0 Å². The highest BCUT2D eigenvalue weighted by molar-refractivity contribution is 6.88. The van der Waals surface area contributed by atoms with Crippen LogP contribution in [0, 0.1) is 0 Å². The molecule has 5 nitrogen and oxygen atoms in total. The van der Waals surface area contributed by atoms with Gasteiger partial charge in [-0.25, -0.2) is 0 Å². The van der Waals surface area contributed by atoms with Gasteiger partial charge >= 0.3 is 6.85 Å². The largest absolute Gasteiger partial charge is 0.466 e. The van der Waals surface area contributed by atoms with Crippen LogP contribution in [0.3, 0.4) is 0 Å². The minimum Gasteiger partial charge on any atom is -0.466 e. The standard InChI is InChI=1S/C76H63BN4O/c1-75(2,3)57-41-45-59(46-42-57)79(60-47-43-58(44-48-60)76(4,5)6)61-49-70-78(51-61)77-71-66(39-24-40-67(71)81(70)73-64(54-29-16-9-17-30-54)37-23-38-65(73)55-31-18-10-19-32-55)80(68-50-69(82-74(68)77)56-33-20-11-21-34-56)72-62(52-25-12-7-13-26-52)35-22-36-63(72)53-27-14-8-15-28-53/h7-51H,1-6H3. The second-order valence-corrected chi connectivity index (χ2v) is 23.8. The summed E-state index contributed by atoms with van der Waals surface area (Å²) < 4.78 is 10.1. The second-order valence-electron chi connectivity index (χ2n) is 23.8. The molecule has 0 saturated carbocycles. The molecular weight excluding hydrogens is 996 g/mol. The first kappa shape index (κ1) is 50.4. The van der Waals surface area contributed by atoms with E-state index < -0.39 is 6.85 Å². The minimum atomic E-state index is -0.392. The zero-order valence-corrected chi connectivity index (χ0v) is 47.3. The summed E-state index contributed by atoms with van der Waals surface area (Å²) >= 11 is 0. The molecule has 396 valence electrons. The van der Waals surface area contributed by atoms with Crippen LogP contribution in [-0.4, -0.2) is 11.3 Å². The van der Waals surface area contributed by atoms with E-state index in [-0.39, 0.29) is 10.8 Å². The fourth-order valence-electron chi connectivity index (χ4n) is 12.4. The normalized spacial score (nSPS) is 12.7. The van der Waals surface area contributed by atoms with Crippen molar-refractivity contribution < 1.29 is 4.42 Å². The molecule has 14 rings (SSSR count). The fraction of sp³-hybridized carbons (Fsp3) is 0.105. The number of fused-ring (bicyclic) bond motifs is 4. The van der Waals surface area contributed by atoms with Crippen LogP contribution in [0.25, 0.3) is 55.8 Å². The molecular formula is C76H63BN4O. The van der Waals surface area contributed by atoms with Gasteiger partial charge in [0.15, 0.2) is 0 Å². The predicted octanol–water partition coefficient (Wildman–Crippen LogP) is 19.7. The van der Waals surface area contributed by atoms with Crippen molar-refractivity contribution in [1.82, 2.24) is 4.48 Å². The van der Waals surface area contributed by atoms with Crippen molar-refractivity contribution in [2.24, 2.45) is 0 Å². The summed E-state index contributed by atoms with van der Waals surface area (Å²) in [6.07, 6.45) is 2.38. The van der Waals surface area contributed by atoms with Gasteiger partial charge in [-0.3, -0.25) is 4.90 Å². The Balaban J connectivity index is 1.10. The zero-order chi connectivity index (χ0) is 55.7. The van der Waals surface area contributed by atoms with Crippen molar-refractivity contribution >= 4 is 69.3 Å². The van der Waals surface area contributed by atoms with Gasteiger partial charge in [0.05, 0.1) is 22.7 Å². The Hall–Kier alpha value is -9.78. The highest BCUT2D eigenvalue weighted by Crippen LogP contribution is 2.55. The molecule has 0 aliphatic carbocycles. The molecule has 0 atom stereocenters. The van der Waals surface area contributed by atoms with E-state index in [1.54, 1.807) is 0 Å². The number of para-hydroxylation sites is 2. The van der Waals surface area contributed by atoms with Gasteiger partial charge in [-0.15, -0.1) is 0 Å². The third-order valence-electron chi connectivity index (χ3n) is 16.5. The number of benzene rings is 10. The summed E-state index contributed by atoms with van der Waals surface area (Å²) in [6, 6.07) is 97.5. The monoisotopic (exact) mass is 1060 g/mol. The van der Waals surface area contributed by atoms with Crippen LogP contribution >= 0.6 is 0 Å². The molecule has 0 radical (unpaired) electrons. The molecule has 0 spiro atoms. The van der Waals surface area contributed by atoms with E-state index >= 15 is 0 Å². The van der Waals surface area contributed by atoms with E-state index in [4.69, 9.17) is 4.42 Å². The highest BCUT2D eigenvalue weighted by Gasteiger charge is 2.48. The molecule has 6 heteroatoms. The second kappa shape index (κ2) is 20.1. The van der Waals surface area contributed by atoms with Crippen molar-refractivity contribution in [2.45, 2.75) is 52.4 Å². The SMILES string of the molecule is CC(C)(C)c1ccc(N(c2ccc(C(C)(C)C)cc2)c2cc3n(c2)B2c4oc(-c5ccccc5)cc4N(c4c(-c5ccccc5)cccc4-c4ccccc4)c4cccc(c42)N3c2c(-c3ccccc3)cccc2-c2ccccc2)cc1. The van der Waals surface area contributed by atoms with E-state index in [1.165, 1.54) is 11.1 Å². The summed E-state index contributed by atoms with van der Waals surface area (Å²) in [5.41, 5.74) is 23.0. The molecule has 10 aromatic carbocycles. The first-order valence-corrected chi connectivity index (χ1v) is 28.6. The molecule has 0 bridgehead atoms. The molecule has 0 unspecified atom stereocenters. The average Bonchev–Trinajstić information content (AvgIpc) is 2.50. The number of rotatable bonds is 10. The van der Waals surface area contributed by atoms with Gasteiger partial charge in [-0.05, 0) is 80.6 Å². The topological polar surface area (TPSA) is 27.8 Å². The summed E-state index contributed by atoms with van der Waals surface area (Å²) in [5.74, 6) is 1.82. The molecule has 2 aromatic heterocycles. The van der Waals surface area contributed by atoms with Crippen LogP contribution in [0.5, 0.6) is 0 Å². The lowest BCUT2D eigenvalue weighted by atomic mass is 9.49. The Morgan fingerprint density at radius 3 is 1.15 bits per heavy atom. The summed E-state index contributed by atoms with van der Waals surface area (Å²) in [7, 11) is 0. The maximum atomic E-state index is 7.60. The van der Waals surface area contributed by atoms with Crippen LogP contribution < -0.4 is 25.8 Å². The predicted molar refractivity (Wildman–Crippen MR) is 346 cm³/mol. The smallest absolute Gasteiger partial charge is 0.378 e. The van der Waals surface area contributed by atoms with E-state index in [9.17, 15) is 0 Å². The molecule has 0 fully saturated rings. The maximum absolute atomic E-state index is 7.60. The third kappa shape index (κ3) is 8.74. The van der Waals surface area contributed by atoms with Gasteiger partial charge in [-0.2, -0.15) is 0 Å². The van der Waals surface area contributed by atoms with Crippen molar-refractivity contribution in [3.8, 4) is 55.8 Å². The third-order valence-corrected chi connectivity index (χ3v) is 16.5. The maximum Gasteiger partial charge on any atom is 0.378 e. The number of hydrogen-bond acceptors (Lipinski definition) is 4. The summed E-state index contributed by atoms with van der Waals surface area (Å²) in [6.45, 7) is 13.3. The van der Waals surface area contributed by atoms with Crippen LogP contribution in [-0.2, 0) is 10.8 Å². The first-order valence-electron chi connectivity index (χ1n) is 28.6. The van der Waals surface area contributed by atoms with E-state index in [0.29, 0.717) is 0 Å². The summed E-state index contributed by atoms with van der Waals surface area (Å²) in [4.78, 5) is 7.50. The van der Waals surface area contributed by atoms with Crippen molar-refractivity contribution in [1.29, 1.82) is 0 Å². The molecule has 82 heavy (non-hydrogen) atoms. The molecule has 2 aliphatic rings. The lowest BCUT2D eigenvalue weighted by molar-refractivity contribution is 0.590. The lowest BCUT2D eigenvalue weighted by Crippen LogP contribution is -2.57. The van der Waals surface area contributed by atoms with Gasteiger partial charge in [0.1, 0.15) is 17.2 Å². The van der Waals surface area contributed by atoms with Crippen molar-refractivity contribution in [2.75, 3.05) is 14.7 Å². The number of hydrogen-bond donors (Lipinski definition) is 0. The van der Waals surface area contributed by atoms with Crippen LogP contribution in [0.2, 0.25) is 0 Å². The Morgan fingerprint density at radius 1 is 0.354 bits per heavy atom. The fourth-order valence-corrected chi connectivity index (χ4v) is 12.4.